The quantitative estimate of drug-likeness (QED) is 0.440. The van der Waals surface area contributed by atoms with Gasteiger partial charge in [-0.2, -0.15) is 13.6 Å². The van der Waals surface area contributed by atoms with Crippen molar-refractivity contribution in [1.82, 2.24) is 0 Å². The number of rotatable bonds is 3. The summed E-state index contributed by atoms with van der Waals surface area (Å²) in [6.45, 7) is 1.56. The Morgan fingerprint density at radius 2 is 1.94 bits per heavy atom. The number of hydrogen-bond donors (Lipinski definition) is 0. The highest BCUT2D eigenvalue weighted by molar-refractivity contribution is 8.36. The molecule has 106 valence electrons. The molecular weight excluding hydrogens is 345 g/mol. The Morgan fingerprint density at radius 1 is 1.28 bits per heavy atom. The maximum absolute atomic E-state index is 5.66. The zero-order valence-corrected chi connectivity index (χ0v) is 13.2. The van der Waals surface area contributed by atoms with E-state index in [4.69, 9.17) is 70.1 Å². The van der Waals surface area contributed by atoms with Gasteiger partial charge in [-0.3, -0.25) is 0 Å². The molecule has 5 nitrogen and oxygen atoms in total. The smallest absolute Gasteiger partial charge is 0.290 e. The topological polar surface area (TPSA) is 46.2 Å². The maximum atomic E-state index is 5.66. The minimum Gasteiger partial charge on any atom is -0.459 e. The van der Waals surface area contributed by atoms with Crippen molar-refractivity contribution in [3.05, 3.63) is 0 Å². The van der Waals surface area contributed by atoms with E-state index in [-0.39, 0.29) is 19.3 Å². The average Bonchev–Trinajstić information content (AvgIpc) is 2.76. The molecule has 0 unspecified atom stereocenters. The van der Waals surface area contributed by atoms with E-state index in [0.717, 1.165) is 6.42 Å². The summed E-state index contributed by atoms with van der Waals surface area (Å²) in [5.74, 6) is 0. The van der Waals surface area contributed by atoms with E-state index in [9.17, 15) is 0 Å². The molecule has 0 spiro atoms. The minimum atomic E-state index is -2.63. The van der Waals surface area contributed by atoms with E-state index in [0.29, 0.717) is 13.2 Å². The van der Waals surface area contributed by atoms with Crippen LogP contribution < -0.4 is 0 Å². The molecule has 0 saturated carbocycles. The summed E-state index contributed by atoms with van der Waals surface area (Å²) in [5, 5.41) is 0. The molecule has 18 heavy (non-hydrogen) atoms. The first-order chi connectivity index (χ1) is 8.39. The summed E-state index contributed by atoms with van der Waals surface area (Å²) in [7, 11) is -2.63. The van der Waals surface area contributed by atoms with Gasteiger partial charge >= 0.3 is 0 Å². The third-order valence-electron chi connectivity index (χ3n) is 2.22. The molecule has 0 N–H and O–H groups in total. The molecule has 2 rings (SSSR count). The summed E-state index contributed by atoms with van der Waals surface area (Å²) in [5.41, 5.74) is 0. The number of hydrogen-bond acceptors (Lipinski definition) is 6. The molecule has 10 heteroatoms. The SMILES string of the molecule is [S-][P+]1(OC[C@H]2CO[C@@H](C(Cl)(Cl)Cl)O2)OCCCO1. The third kappa shape index (κ3) is 4.48. The summed E-state index contributed by atoms with van der Waals surface area (Å²) in [6, 6.07) is 0. The highest BCUT2D eigenvalue weighted by Crippen LogP contribution is 2.61. The van der Waals surface area contributed by atoms with Crippen LogP contribution >= 0.6 is 41.9 Å². The molecule has 2 heterocycles. The van der Waals surface area contributed by atoms with E-state index >= 15 is 0 Å². The molecule has 2 saturated heterocycles. The van der Waals surface area contributed by atoms with Crippen LogP contribution in [0.25, 0.3) is 0 Å². The predicted molar refractivity (Wildman–Crippen MR) is 71.7 cm³/mol. The lowest BCUT2D eigenvalue weighted by Crippen LogP contribution is -2.28. The molecule has 0 bridgehead atoms. The fraction of sp³-hybridized carbons (Fsp3) is 1.00. The zero-order chi connectivity index (χ0) is 13.2. The Kier molecular flexibility index (Phi) is 5.70. The fourth-order valence-electron chi connectivity index (χ4n) is 1.40. The summed E-state index contributed by atoms with van der Waals surface area (Å²) < 4.78 is 25.1. The Balaban J connectivity index is 1.75. The Labute approximate surface area is 126 Å². The van der Waals surface area contributed by atoms with Crippen molar-refractivity contribution in [2.75, 3.05) is 26.4 Å². The van der Waals surface area contributed by atoms with Gasteiger partial charge in [0.25, 0.3) is 7.15 Å². The Hall–Kier alpha value is 1.45. The van der Waals surface area contributed by atoms with Crippen molar-refractivity contribution in [1.29, 1.82) is 0 Å². The van der Waals surface area contributed by atoms with Crippen molar-refractivity contribution < 1.29 is 23.0 Å². The van der Waals surface area contributed by atoms with E-state index in [1.165, 1.54) is 0 Å². The first kappa shape index (κ1) is 15.8. The third-order valence-corrected chi connectivity index (χ3v) is 5.17. The lowest BCUT2D eigenvalue weighted by Gasteiger charge is -2.30. The summed E-state index contributed by atoms with van der Waals surface area (Å²) >= 11 is 22.1. The normalized spacial score (nSPS) is 32.7. The van der Waals surface area contributed by atoms with Crippen molar-refractivity contribution in [3.8, 4) is 0 Å². The van der Waals surface area contributed by atoms with Crippen LogP contribution in [-0.2, 0) is 35.3 Å². The second-order valence-electron chi connectivity index (χ2n) is 3.73. The van der Waals surface area contributed by atoms with E-state index in [1.54, 1.807) is 0 Å². The van der Waals surface area contributed by atoms with Gasteiger partial charge in [0.2, 0.25) is 10.1 Å². The lowest BCUT2D eigenvalue weighted by molar-refractivity contribution is -0.0611. The van der Waals surface area contributed by atoms with Crippen LogP contribution in [0.4, 0.5) is 0 Å². The largest absolute Gasteiger partial charge is 0.459 e. The highest BCUT2D eigenvalue weighted by atomic mass is 35.6. The summed E-state index contributed by atoms with van der Waals surface area (Å²) in [4.78, 5) is 0. The number of halogens is 3. The first-order valence-electron chi connectivity index (χ1n) is 5.26. The molecule has 2 atom stereocenters. The van der Waals surface area contributed by atoms with Crippen LogP contribution in [0.5, 0.6) is 0 Å². The van der Waals surface area contributed by atoms with Gasteiger partial charge in [-0.15, -0.1) is 0 Å². The van der Waals surface area contributed by atoms with Gasteiger partial charge in [-0.05, 0) is 0 Å². The van der Waals surface area contributed by atoms with Crippen molar-refractivity contribution in [2.24, 2.45) is 0 Å². The Bertz CT molecular complexity index is 286. The lowest BCUT2D eigenvalue weighted by atomic mass is 10.4. The van der Waals surface area contributed by atoms with E-state index in [1.807, 2.05) is 0 Å². The first-order valence-corrected chi connectivity index (χ1v) is 8.95. The minimum absolute atomic E-state index is 0.189. The monoisotopic (exact) mass is 356 g/mol. The van der Waals surface area contributed by atoms with Crippen LogP contribution in [0.15, 0.2) is 0 Å². The molecule has 0 radical (unpaired) electrons. The van der Waals surface area contributed by atoms with Gasteiger partial charge in [0, 0.05) is 6.42 Å². The maximum Gasteiger partial charge on any atom is 0.290 e. The highest BCUT2D eigenvalue weighted by Gasteiger charge is 2.43. The van der Waals surface area contributed by atoms with E-state index in [2.05, 4.69) is 0 Å². The zero-order valence-electron chi connectivity index (χ0n) is 9.22. The molecule has 2 aliphatic rings. The standard InChI is InChI=1S/C8H12Cl3O5PS/c9-8(10,11)7-12-4-6(16-7)5-15-17(18)13-2-1-3-14-17/h6-7H,1-5H2/t6-,7-/m1/s1. The Morgan fingerprint density at radius 3 is 2.50 bits per heavy atom. The predicted octanol–water partition coefficient (Wildman–Crippen LogP) is 2.78. The van der Waals surface area contributed by atoms with Crippen LogP contribution in [0.3, 0.4) is 0 Å². The van der Waals surface area contributed by atoms with Crippen molar-refractivity contribution >= 4 is 54.2 Å². The number of ether oxygens (including phenoxy) is 2. The van der Waals surface area contributed by atoms with Crippen LogP contribution in [0.2, 0.25) is 0 Å². The molecule has 0 aromatic carbocycles. The molecule has 0 aromatic heterocycles. The second kappa shape index (κ2) is 6.48. The van der Waals surface area contributed by atoms with Gasteiger partial charge in [0.15, 0.2) is 0 Å². The van der Waals surface area contributed by atoms with Gasteiger partial charge in [-0.25, -0.2) is 0 Å². The average molecular weight is 358 g/mol. The molecule has 0 aromatic rings. The van der Waals surface area contributed by atoms with Crippen LogP contribution in [0, 0.1) is 0 Å². The summed E-state index contributed by atoms with van der Waals surface area (Å²) in [6.07, 6.45) is -0.427. The number of alkyl halides is 3. The van der Waals surface area contributed by atoms with Gasteiger partial charge in [-0.1, -0.05) is 34.8 Å². The molecule has 2 aliphatic heterocycles. The van der Waals surface area contributed by atoms with Crippen LogP contribution in [-0.4, -0.2) is 42.6 Å². The molecule has 2 fully saturated rings. The molecule has 0 aliphatic carbocycles. The van der Waals surface area contributed by atoms with E-state index < -0.39 is 17.2 Å². The van der Waals surface area contributed by atoms with Crippen molar-refractivity contribution in [3.63, 3.8) is 0 Å². The van der Waals surface area contributed by atoms with Gasteiger partial charge in [0.05, 0.1) is 19.8 Å². The molecular formula is C8H12Cl3O5PS. The van der Waals surface area contributed by atoms with Gasteiger partial charge < -0.3 is 21.7 Å². The second-order valence-corrected chi connectivity index (χ2v) is 9.11. The van der Waals surface area contributed by atoms with Crippen LogP contribution in [0.1, 0.15) is 6.42 Å². The van der Waals surface area contributed by atoms with Gasteiger partial charge in [0.1, 0.15) is 12.7 Å². The fourth-order valence-corrected chi connectivity index (χ4v) is 3.66. The molecule has 0 amide bonds. The van der Waals surface area contributed by atoms with Crippen molar-refractivity contribution in [2.45, 2.75) is 22.6 Å².